The van der Waals surface area contributed by atoms with Gasteiger partial charge in [-0.15, -0.1) is 0 Å². The van der Waals surface area contributed by atoms with Crippen molar-refractivity contribution in [3.63, 3.8) is 0 Å². The van der Waals surface area contributed by atoms with Gasteiger partial charge in [0.05, 0.1) is 22.4 Å². The predicted octanol–water partition coefficient (Wildman–Crippen LogP) is 13.0. The van der Waals surface area contributed by atoms with E-state index in [9.17, 15) is 0 Å². The van der Waals surface area contributed by atoms with Crippen molar-refractivity contribution in [2.75, 3.05) is 0 Å². The van der Waals surface area contributed by atoms with Crippen molar-refractivity contribution in [3.8, 4) is 73.2 Å². The number of imidazole rings is 1. The molecule has 10 rings (SSSR count). The number of hydrogen-bond acceptors (Lipinski definition) is 3. The average molecular weight is 703 g/mol. The summed E-state index contributed by atoms with van der Waals surface area (Å²) in [5, 5.41) is 2.40. The highest BCUT2D eigenvalue weighted by atomic mass is 15.1. The summed E-state index contributed by atoms with van der Waals surface area (Å²) in [5.41, 5.74) is 13.8. The Morgan fingerprint density at radius 3 is 1.60 bits per heavy atom. The number of nitrogens with zero attached hydrogens (tertiary/aromatic N) is 4. The fourth-order valence-electron chi connectivity index (χ4n) is 7.46. The van der Waals surface area contributed by atoms with Gasteiger partial charge in [-0.2, -0.15) is 0 Å². The molecule has 10 aromatic rings. The quantitative estimate of drug-likeness (QED) is 0.166. The van der Waals surface area contributed by atoms with Crippen LogP contribution in [0.3, 0.4) is 0 Å². The highest BCUT2D eigenvalue weighted by Gasteiger charge is 2.15. The van der Waals surface area contributed by atoms with Crippen molar-refractivity contribution < 1.29 is 0 Å². The molecule has 2 aromatic heterocycles. The smallest absolute Gasteiger partial charge is 0.160 e. The van der Waals surface area contributed by atoms with Crippen molar-refractivity contribution in [2.24, 2.45) is 0 Å². The van der Waals surface area contributed by atoms with Crippen LogP contribution >= 0.6 is 0 Å². The first-order valence-electron chi connectivity index (χ1n) is 18.5. The number of benzene rings is 8. The summed E-state index contributed by atoms with van der Waals surface area (Å²) in [6.45, 7) is 0. The second kappa shape index (κ2) is 13.8. The molecule has 0 N–H and O–H groups in total. The van der Waals surface area contributed by atoms with Gasteiger partial charge in [0.1, 0.15) is 5.82 Å². The molecule has 0 saturated heterocycles. The minimum Gasteiger partial charge on any atom is -0.292 e. The lowest BCUT2D eigenvalue weighted by Gasteiger charge is -2.12. The fraction of sp³-hybridized carbons (Fsp3) is 0. The molecule has 0 unspecified atom stereocenters. The van der Waals surface area contributed by atoms with E-state index in [2.05, 4.69) is 162 Å². The van der Waals surface area contributed by atoms with Crippen LogP contribution in [0, 0.1) is 0 Å². The third-order valence-electron chi connectivity index (χ3n) is 10.3. The molecule has 4 heteroatoms. The number of para-hydroxylation sites is 3. The summed E-state index contributed by atoms with van der Waals surface area (Å²) in [5.74, 6) is 1.63. The predicted molar refractivity (Wildman–Crippen MR) is 227 cm³/mol. The van der Waals surface area contributed by atoms with Gasteiger partial charge in [0.2, 0.25) is 0 Å². The van der Waals surface area contributed by atoms with Gasteiger partial charge in [0.15, 0.2) is 5.82 Å². The van der Waals surface area contributed by atoms with Gasteiger partial charge in [0.25, 0.3) is 0 Å². The van der Waals surface area contributed by atoms with E-state index in [0.717, 1.165) is 67.3 Å². The molecule has 0 fully saturated rings. The van der Waals surface area contributed by atoms with Gasteiger partial charge in [-0.3, -0.25) is 4.57 Å². The van der Waals surface area contributed by atoms with Gasteiger partial charge in [-0.05, 0) is 69.4 Å². The minimum atomic E-state index is 0.703. The highest BCUT2D eigenvalue weighted by molar-refractivity contribution is 5.99. The lowest BCUT2D eigenvalue weighted by Crippen LogP contribution is -1.97. The van der Waals surface area contributed by atoms with Crippen molar-refractivity contribution in [2.45, 2.75) is 0 Å². The van der Waals surface area contributed by atoms with Crippen LogP contribution in [0.2, 0.25) is 0 Å². The van der Waals surface area contributed by atoms with Crippen LogP contribution < -0.4 is 0 Å². The minimum absolute atomic E-state index is 0.703. The van der Waals surface area contributed by atoms with Crippen LogP contribution in [-0.2, 0) is 0 Å². The fourth-order valence-corrected chi connectivity index (χ4v) is 7.46. The Labute approximate surface area is 319 Å². The number of hydrogen-bond donors (Lipinski definition) is 0. The van der Waals surface area contributed by atoms with Crippen molar-refractivity contribution >= 4 is 21.8 Å². The molecule has 0 aliphatic rings. The molecule has 0 atom stereocenters. The van der Waals surface area contributed by atoms with Crippen LogP contribution in [0.4, 0.5) is 0 Å². The molecule has 0 bridgehead atoms. The second-order valence-corrected chi connectivity index (χ2v) is 13.7. The van der Waals surface area contributed by atoms with E-state index in [4.69, 9.17) is 15.0 Å². The molecule has 0 amide bonds. The largest absolute Gasteiger partial charge is 0.292 e. The summed E-state index contributed by atoms with van der Waals surface area (Å²) < 4.78 is 2.24. The summed E-state index contributed by atoms with van der Waals surface area (Å²) in [7, 11) is 0. The van der Waals surface area contributed by atoms with Crippen molar-refractivity contribution in [3.05, 3.63) is 206 Å². The standard InChI is InChI=1S/C51H34N4/c1-4-13-38(14-5-1)47-34-48(39-15-6-2-7-16-39)53-50(52-47)40-28-25-37(26-29-40)44-20-12-17-36-27-32-42(33-45(36)44)35-23-30-41(31-24-35)51-54-46-21-10-11-22-49(46)55(51)43-18-8-3-9-19-43/h1-34H. The number of rotatable bonds is 7. The monoisotopic (exact) mass is 702 g/mol. The van der Waals surface area contributed by atoms with E-state index in [-0.39, 0.29) is 0 Å². The number of aromatic nitrogens is 4. The van der Waals surface area contributed by atoms with E-state index in [1.807, 2.05) is 48.5 Å². The zero-order valence-electron chi connectivity index (χ0n) is 29.9. The van der Waals surface area contributed by atoms with Crippen LogP contribution in [0.5, 0.6) is 0 Å². The molecule has 0 spiro atoms. The lowest BCUT2D eigenvalue weighted by atomic mass is 9.94. The molecule has 0 aliphatic heterocycles. The molecular weight excluding hydrogens is 669 g/mol. The van der Waals surface area contributed by atoms with Gasteiger partial charge >= 0.3 is 0 Å². The van der Waals surface area contributed by atoms with E-state index in [1.54, 1.807) is 0 Å². The summed E-state index contributed by atoms with van der Waals surface area (Å²) >= 11 is 0. The summed E-state index contributed by atoms with van der Waals surface area (Å²) in [4.78, 5) is 15.1. The molecule has 55 heavy (non-hydrogen) atoms. The topological polar surface area (TPSA) is 43.6 Å². The van der Waals surface area contributed by atoms with E-state index >= 15 is 0 Å². The van der Waals surface area contributed by atoms with Gasteiger partial charge in [-0.25, -0.2) is 15.0 Å². The zero-order chi connectivity index (χ0) is 36.6. The maximum Gasteiger partial charge on any atom is 0.160 e. The Hall–Kier alpha value is -7.43. The molecule has 0 radical (unpaired) electrons. The van der Waals surface area contributed by atoms with Crippen LogP contribution in [0.1, 0.15) is 0 Å². The first-order valence-corrected chi connectivity index (χ1v) is 18.5. The molecular formula is C51H34N4. The van der Waals surface area contributed by atoms with Crippen LogP contribution in [0.15, 0.2) is 206 Å². The Bertz CT molecular complexity index is 2880. The van der Waals surface area contributed by atoms with E-state index in [1.165, 1.54) is 21.9 Å². The van der Waals surface area contributed by atoms with Crippen molar-refractivity contribution in [1.29, 1.82) is 0 Å². The number of fused-ring (bicyclic) bond motifs is 2. The normalized spacial score (nSPS) is 11.3. The highest BCUT2D eigenvalue weighted by Crippen LogP contribution is 2.35. The Morgan fingerprint density at radius 2 is 0.909 bits per heavy atom. The molecule has 0 aliphatic carbocycles. The Kier molecular flexibility index (Phi) is 8.12. The Balaban J connectivity index is 0.991. The molecule has 0 saturated carbocycles. The molecule has 8 aromatic carbocycles. The van der Waals surface area contributed by atoms with E-state index in [0.29, 0.717) is 5.82 Å². The molecule has 258 valence electrons. The molecule has 2 heterocycles. The maximum absolute atomic E-state index is 5.06. The SMILES string of the molecule is c1ccc(-c2cc(-c3ccccc3)nc(-c3ccc(-c4cccc5ccc(-c6ccc(-c7nc8ccccc8n7-c7ccccc7)cc6)cc45)cc3)n2)cc1. The summed E-state index contributed by atoms with van der Waals surface area (Å²) in [6.07, 6.45) is 0. The second-order valence-electron chi connectivity index (χ2n) is 13.7. The first-order chi connectivity index (χ1) is 27.2. The van der Waals surface area contributed by atoms with E-state index < -0.39 is 0 Å². The van der Waals surface area contributed by atoms with Gasteiger partial charge in [-0.1, -0.05) is 170 Å². The average Bonchev–Trinajstić information content (AvgIpc) is 3.67. The third kappa shape index (κ3) is 6.16. The Morgan fingerprint density at radius 1 is 0.345 bits per heavy atom. The summed E-state index contributed by atoms with van der Waals surface area (Å²) in [6, 6.07) is 72.1. The van der Waals surface area contributed by atoms with Gasteiger partial charge in [0, 0.05) is 27.9 Å². The zero-order valence-corrected chi connectivity index (χ0v) is 29.9. The molecule has 4 nitrogen and oxygen atoms in total. The van der Waals surface area contributed by atoms with Crippen LogP contribution in [0.25, 0.3) is 95.0 Å². The van der Waals surface area contributed by atoms with Gasteiger partial charge < -0.3 is 0 Å². The van der Waals surface area contributed by atoms with Crippen molar-refractivity contribution in [1.82, 2.24) is 19.5 Å². The van der Waals surface area contributed by atoms with Crippen LogP contribution in [-0.4, -0.2) is 19.5 Å². The third-order valence-corrected chi connectivity index (χ3v) is 10.3. The first kappa shape index (κ1) is 32.2. The maximum atomic E-state index is 5.06. The lowest BCUT2D eigenvalue weighted by molar-refractivity contribution is 1.10.